The van der Waals surface area contributed by atoms with E-state index in [2.05, 4.69) is 34.9 Å². The summed E-state index contributed by atoms with van der Waals surface area (Å²) in [4.78, 5) is 36.8. The van der Waals surface area contributed by atoms with E-state index < -0.39 is 17.5 Å². The van der Waals surface area contributed by atoms with Gasteiger partial charge in [-0.15, -0.1) is 0 Å². The van der Waals surface area contributed by atoms with Crippen LogP contribution in [0.4, 0.5) is 4.79 Å². The molecule has 7 heteroatoms. The Morgan fingerprint density at radius 3 is 2.20 bits per heavy atom. The third kappa shape index (κ3) is 3.60. The highest BCUT2D eigenvalue weighted by atomic mass is 16.5. The van der Waals surface area contributed by atoms with E-state index in [1.54, 1.807) is 0 Å². The summed E-state index contributed by atoms with van der Waals surface area (Å²) in [5.74, 6) is -0.998. The van der Waals surface area contributed by atoms with Crippen molar-refractivity contribution in [2.75, 3.05) is 19.7 Å². The maximum atomic E-state index is 12.6. The number of aliphatic carboxylic acids is 1. The zero-order valence-corrected chi connectivity index (χ0v) is 19.6. The summed E-state index contributed by atoms with van der Waals surface area (Å²) in [6, 6.07) is 16.4. The highest BCUT2D eigenvalue weighted by Crippen LogP contribution is 2.73. The van der Waals surface area contributed by atoms with Crippen molar-refractivity contribution in [3.8, 4) is 11.1 Å². The Bertz CT molecular complexity index is 1160. The quantitative estimate of drug-likeness (QED) is 0.538. The lowest BCUT2D eigenvalue weighted by Gasteiger charge is -2.30. The SMILES string of the molecule is O=C(NC[C@H]1C[C@H]1C(=O)NCC1(C(=O)O)CC12CCC2)OCC1c2ccccc2-c2ccccc21. The van der Waals surface area contributed by atoms with Crippen LogP contribution in [0.1, 0.15) is 49.1 Å². The van der Waals surface area contributed by atoms with Crippen LogP contribution < -0.4 is 10.6 Å². The number of ether oxygens (including phenoxy) is 1. The number of benzene rings is 2. The van der Waals surface area contributed by atoms with Crippen molar-refractivity contribution in [1.29, 1.82) is 0 Å². The minimum atomic E-state index is -0.790. The Morgan fingerprint density at radius 2 is 1.63 bits per heavy atom. The number of fused-ring (bicyclic) bond motifs is 3. The molecule has 0 aliphatic heterocycles. The lowest BCUT2D eigenvalue weighted by molar-refractivity contribution is -0.146. The number of carboxylic acids is 1. The fourth-order valence-electron chi connectivity index (χ4n) is 6.45. The maximum absolute atomic E-state index is 12.6. The van der Waals surface area contributed by atoms with E-state index in [1.807, 2.05) is 24.3 Å². The van der Waals surface area contributed by atoms with Crippen molar-refractivity contribution in [1.82, 2.24) is 10.6 Å². The molecule has 2 aromatic rings. The molecule has 7 nitrogen and oxygen atoms in total. The third-order valence-electron chi connectivity index (χ3n) is 8.93. The number of carboxylic acid groups (broad SMARTS) is 1. The van der Waals surface area contributed by atoms with E-state index in [0.717, 1.165) is 19.3 Å². The molecule has 2 aromatic carbocycles. The van der Waals surface area contributed by atoms with Crippen LogP contribution in [-0.4, -0.2) is 42.8 Å². The molecule has 2 amide bonds. The molecule has 0 aromatic heterocycles. The van der Waals surface area contributed by atoms with E-state index in [0.29, 0.717) is 19.4 Å². The lowest BCUT2D eigenvalue weighted by atomic mass is 9.75. The average molecular weight is 475 g/mol. The molecule has 0 heterocycles. The van der Waals surface area contributed by atoms with Crippen molar-refractivity contribution >= 4 is 18.0 Å². The summed E-state index contributed by atoms with van der Waals surface area (Å²) in [5, 5.41) is 15.4. The number of carbonyl (C=O) groups is 3. The van der Waals surface area contributed by atoms with Crippen molar-refractivity contribution in [2.24, 2.45) is 22.7 Å². The first-order valence-electron chi connectivity index (χ1n) is 12.5. The van der Waals surface area contributed by atoms with Crippen molar-refractivity contribution in [2.45, 2.75) is 38.0 Å². The molecule has 182 valence electrons. The van der Waals surface area contributed by atoms with Gasteiger partial charge in [-0.25, -0.2) is 4.79 Å². The molecule has 3 atom stereocenters. The second kappa shape index (κ2) is 8.11. The first-order valence-corrected chi connectivity index (χ1v) is 12.5. The molecule has 3 saturated carbocycles. The molecule has 0 bridgehead atoms. The molecule has 3 N–H and O–H groups in total. The number of hydrogen-bond donors (Lipinski definition) is 3. The number of rotatable bonds is 8. The van der Waals surface area contributed by atoms with Gasteiger partial charge in [0.25, 0.3) is 0 Å². The normalized spacial score (nSPS) is 26.7. The number of carbonyl (C=O) groups excluding carboxylic acids is 2. The minimum Gasteiger partial charge on any atom is -0.481 e. The highest BCUT2D eigenvalue weighted by molar-refractivity contribution is 5.85. The molecule has 3 fully saturated rings. The van der Waals surface area contributed by atoms with Crippen LogP contribution in [0, 0.1) is 22.7 Å². The van der Waals surface area contributed by atoms with Gasteiger partial charge in [0.1, 0.15) is 6.61 Å². The van der Waals surface area contributed by atoms with Crippen LogP contribution in [0.5, 0.6) is 0 Å². The Morgan fingerprint density at radius 1 is 0.971 bits per heavy atom. The first kappa shape index (κ1) is 22.1. The Hall–Kier alpha value is -3.35. The Labute approximate surface area is 204 Å². The zero-order valence-electron chi connectivity index (χ0n) is 19.6. The topological polar surface area (TPSA) is 105 Å². The van der Waals surface area contributed by atoms with Gasteiger partial charge in [-0.2, -0.15) is 0 Å². The summed E-state index contributed by atoms with van der Waals surface area (Å²) < 4.78 is 5.57. The van der Waals surface area contributed by atoms with Gasteiger partial charge in [-0.1, -0.05) is 55.0 Å². The fraction of sp³-hybridized carbons (Fsp3) is 0.464. The molecular formula is C28H30N2O5. The molecule has 6 rings (SSSR count). The van der Waals surface area contributed by atoms with E-state index in [1.165, 1.54) is 22.3 Å². The van der Waals surface area contributed by atoms with E-state index >= 15 is 0 Å². The predicted octanol–water partition coefficient (Wildman–Crippen LogP) is 3.92. The number of amides is 2. The first-order chi connectivity index (χ1) is 16.9. The molecule has 1 unspecified atom stereocenters. The van der Waals surface area contributed by atoms with Gasteiger partial charge >= 0.3 is 12.1 Å². The summed E-state index contributed by atoms with van der Waals surface area (Å²) in [6.07, 6.45) is 3.87. The standard InChI is InChI=1S/C28H30N2O5/c31-24(30-16-28(25(32)33)15-27(28)10-5-11-27)22-12-17(22)13-29-26(34)35-14-23-20-8-3-1-6-18(20)19-7-2-4-9-21(19)23/h1-4,6-9,17,22-23H,5,10-16H2,(H,29,34)(H,30,31)(H,32,33)/t17-,22-,28?/m1/s1. The molecule has 35 heavy (non-hydrogen) atoms. The van der Waals surface area contributed by atoms with Gasteiger partial charge in [0, 0.05) is 24.9 Å². The summed E-state index contributed by atoms with van der Waals surface area (Å²) in [6.45, 7) is 0.848. The lowest BCUT2D eigenvalue weighted by Crippen LogP contribution is -2.40. The molecule has 1 spiro atoms. The summed E-state index contributed by atoms with van der Waals surface area (Å²) in [5.41, 5.74) is 3.84. The van der Waals surface area contributed by atoms with Crippen LogP contribution in [0.25, 0.3) is 11.1 Å². The monoisotopic (exact) mass is 474 g/mol. The van der Waals surface area contributed by atoms with Gasteiger partial charge in [-0.3, -0.25) is 9.59 Å². The Balaban J connectivity index is 0.963. The maximum Gasteiger partial charge on any atom is 0.407 e. The predicted molar refractivity (Wildman–Crippen MR) is 129 cm³/mol. The molecule has 0 saturated heterocycles. The van der Waals surface area contributed by atoms with Gasteiger partial charge in [0.2, 0.25) is 5.91 Å². The minimum absolute atomic E-state index is 0.00976. The number of alkyl carbamates (subject to hydrolysis) is 1. The highest BCUT2D eigenvalue weighted by Gasteiger charge is 2.74. The van der Waals surface area contributed by atoms with Crippen LogP contribution in [0.2, 0.25) is 0 Å². The van der Waals surface area contributed by atoms with Crippen molar-refractivity contribution < 1.29 is 24.2 Å². The summed E-state index contributed by atoms with van der Waals surface area (Å²) in [7, 11) is 0. The van der Waals surface area contributed by atoms with E-state index in [4.69, 9.17) is 4.74 Å². The Kier molecular flexibility index (Phi) is 5.13. The number of hydrogen-bond acceptors (Lipinski definition) is 4. The molecule has 4 aliphatic carbocycles. The smallest absolute Gasteiger partial charge is 0.407 e. The summed E-state index contributed by atoms with van der Waals surface area (Å²) >= 11 is 0. The van der Waals surface area contributed by atoms with Crippen LogP contribution >= 0.6 is 0 Å². The van der Waals surface area contributed by atoms with Crippen LogP contribution in [0.3, 0.4) is 0 Å². The average Bonchev–Trinajstić information content (AvgIpc) is 3.74. The molecular weight excluding hydrogens is 444 g/mol. The zero-order chi connectivity index (χ0) is 24.2. The van der Waals surface area contributed by atoms with Gasteiger partial charge in [0.15, 0.2) is 0 Å². The van der Waals surface area contributed by atoms with Gasteiger partial charge in [0.05, 0.1) is 5.41 Å². The van der Waals surface area contributed by atoms with Gasteiger partial charge < -0.3 is 20.5 Å². The number of nitrogens with one attached hydrogen (secondary N) is 2. The largest absolute Gasteiger partial charge is 0.481 e. The van der Waals surface area contributed by atoms with Crippen LogP contribution in [-0.2, 0) is 14.3 Å². The van der Waals surface area contributed by atoms with E-state index in [9.17, 15) is 19.5 Å². The second-order valence-electron chi connectivity index (χ2n) is 10.7. The molecule has 0 radical (unpaired) electrons. The fourth-order valence-corrected chi connectivity index (χ4v) is 6.45. The van der Waals surface area contributed by atoms with Crippen molar-refractivity contribution in [3.05, 3.63) is 59.7 Å². The van der Waals surface area contributed by atoms with Crippen molar-refractivity contribution in [3.63, 3.8) is 0 Å². The second-order valence-corrected chi connectivity index (χ2v) is 10.7. The third-order valence-corrected chi connectivity index (χ3v) is 8.93. The van der Waals surface area contributed by atoms with E-state index in [-0.39, 0.29) is 42.2 Å². The van der Waals surface area contributed by atoms with Crippen LogP contribution in [0.15, 0.2) is 48.5 Å². The van der Waals surface area contributed by atoms with Gasteiger partial charge in [-0.05, 0) is 59.3 Å². The molecule has 4 aliphatic rings.